The maximum Gasteiger partial charge on any atom is 0.410 e. The number of rotatable bonds is 4. The highest BCUT2D eigenvalue weighted by Gasteiger charge is 2.31. The van der Waals surface area contributed by atoms with Gasteiger partial charge in [-0.1, -0.05) is 42.5 Å². The molecule has 2 heterocycles. The van der Waals surface area contributed by atoms with Crippen LogP contribution in [0.25, 0.3) is 0 Å². The normalized spacial score (nSPS) is 19.7. The molecule has 8 nitrogen and oxygen atoms in total. The highest BCUT2D eigenvalue weighted by atomic mass is 16.6. The molecule has 154 valence electrons. The van der Waals surface area contributed by atoms with E-state index in [1.807, 2.05) is 36.4 Å². The van der Waals surface area contributed by atoms with Crippen LogP contribution in [0, 0.1) is 0 Å². The van der Waals surface area contributed by atoms with Crippen LogP contribution >= 0.6 is 0 Å². The molecule has 29 heavy (non-hydrogen) atoms. The third-order valence-electron chi connectivity index (χ3n) is 5.21. The van der Waals surface area contributed by atoms with Crippen molar-refractivity contribution in [2.24, 2.45) is 0 Å². The van der Waals surface area contributed by atoms with E-state index >= 15 is 0 Å². The van der Waals surface area contributed by atoms with E-state index in [4.69, 9.17) is 4.74 Å². The topological polar surface area (TPSA) is 107 Å². The summed E-state index contributed by atoms with van der Waals surface area (Å²) in [7, 11) is 0. The van der Waals surface area contributed by atoms with Gasteiger partial charge in [0, 0.05) is 19.6 Å². The van der Waals surface area contributed by atoms with Crippen LogP contribution in [0.4, 0.5) is 9.59 Å². The van der Waals surface area contributed by atoms with Crippen molar-refractivity contribution < 1.29 is 29.3 Å². The van der Waals surface area contributed by atoms with Crippen LogP contribution in [-0.2, 0) is 16.1 Å². The summed E-state index contributed by atoms with van der Waals surface area (Å²) < 4.78 is 5.36. The van der Waals surface area contributed by atoms with Gasteiger partial charge in [0.25, 0.3) is 0 Å². The van der Waals surface area contributed by atoms with Gasteiger partial charge >= 0.3 is 18.2 Å². The van der Waals surface area contributed by atoms with Gasteiger partial charge in [-0.3, -0.25) is 4.90 Å². The largest absolute Gasteiger partial charge is 0.480 e. The highest BCUT2D eigenvalue weighted by Crippen LogP contribution is 2.27. The van der Waals surface area contributed by atoms with Gasteiger partial charge in [0.15, 0.2) is 0 Å². The Hall–Kier alpha value is -3.29. The van der Waals surface area contributed by atoms with E-state index in [2.05, 4.69) is 0 Å². The van der Waals surface area contributed by atoms with E-state index in [0.717, 1.165) is 21.6 Å². The van der Waals surface area contributed by atoms with Gasteiger partial charge in [-0.05, 0) is 36.0 Å². The molecule has 0 aromatic heterocycles. The Morgan fingerprint density at radius 3 is 2.31 bits per heavy atom. The monoisotopic (exact) mass is 400 g/mol. The Labute approximate surface area is 168 Å². The number of aliphatic carboxylic acids is 1. The number of allylic oxidation sites excluding steroid dienone is 1. The van der Waals surface area contributed by atoms with Crippen molar-refractivity contribution >= 4 is 18.2 Å². The number of carboxylic acid groups (broad SMARTS) is 2. The van der Waals surface area contributed by atoms with Gasteiger partial charge in [-0.2, -0.15) is 0 Å². The molecule has 1 atom stereocenters. The zero-order valence-corrected chi connectivity index (χ0v) is 16.0. The van der Waals surface area contributed by atoms with Crippen molar-refractivity contribution in [3.05, 3.63) is 59.2 Å². The second kappa shape index (κ2) is 9.27. The summed E-state index contributed by atoms with van der Waals surface area (Å²) >= 11 is 0. The third-order valence-corrected chi connectivity index (χ3v) is 5.21. The van der Waals surface area contributed by atoms with E-state index in [1.165, 1.54) is 0 Å². The fourth-order valence-electron chi connectivity index (χ4n) is 3.58. The minimum absolute atomic E-state index is 0.0435. The Kier molecular flexibility index (Phi) is 6.54. The van der Waals surface area contributed by atoms with Gasteiger partial charge in [-0.15, -0.1) is 0 Å². The molecule has 2 aliphatic heterocycles. The molecule has 1 aromatic carbocycles. The molecule has 8 heteroatoms. The van der Waals surface area contributed by atoms with E-state index in [1.54, 1.807) is 11.0 Å². The fourth-order valence-corrected chi connectivity index (χ4v) is 3.58. The van der Waals surface area contributed by atoms with Crippen LogP contribution in [0.3, 0.4) is 0 Å². The molecule has 1 unspecified atom stereocenters. The van der Waals surface area contributed by atoms with Gasteiger partial charge in [0.05, 0.1) is 0 Å². The molecule has 0 aliphatic carbocycles. The lowest BCUT2D eigenvalue weighted by Crippen LogP contribution is -2.43. The first-order valence-corrected chi connectivity index (χ1v) is 9.52. The lowest BCUT2D eigenvalue weighted by Gasteiger charge is -2.26. The number of nitrogens with zero attached hydrogens (tertiary/aromatic N) is 2. The number of benzene rings is 1. The number of hydrogen-bond acceptors (Lipinski definition) is 4. The minimum atomic E-state index is -1.24. The van der Waals surface area contributed by atoms with Crippen LogP contribution in [0.5, 0.6) is 0 Å². The smallest absolute Gasteiger partial charge is 0.410 e. The predicted molar refractivity (Wildman–Crippen MR) is 104 cm³/mol. The first-order chi connectivity index (χ1) is 14.0. The molecule has 0 spiro atoms. The molecule has 0 bridgehead atoms. The molecule has 2 aliphatic rings. The van der Waals surface area contributed by atoms with Crippen LogP contribution in [0.1, 0.15) is 24.8 Å². The first-order valence-electron chi connectivity index (χ1n) is 9.52. The van der Waals surface area contributed by atoms with Crippen LogP contribution in [0.2, 0.25) is 0 Å². The second-order valence-corrected chi connectivity index (χ2v) is 7.02. The number of carboxylic acids is 1. The van der Waals surface area contributed by atoms with Crippen molar-refractivity contribution in [3.8, 4) is 0 Å². The average Bonchev–Trinajstić information content (AvgIpc) is 2.96. The summed E-state index contributed by atoms with van der Waals surface area (Å²) in [6.07, 6.45) is 3.45. The van der Waals surface area contributed by atoms with Gasteiger partial charge in [0.2, 0.25) is 0 Å². The summed E-state index contributed by atoms with van der Waals surface area (Å²) in [6.45, 7) is 1.18. The average molecular weight is 400 g/mol. The zero-order chi connectivity index (χ0) is 20.8. The maximum atomic E-state index is 12.3. The van der Waals surface area contributed by atoms with Crippen molar-refractivity contribution in [2.45, 2.75) is 31.9 Å². The first kappa shape index (κ1) is 20.4. The van der Waals surface area contributed by atoms with Crippen LogP contribution in [0.15, 0.2) is 53.6 Å². The summed E-state index contributed by atoms with van der Waals surface area (Å²) in [5.74, 6) is -1.13. The SMILES string of the molecule is O=C(O)C1CCC(C2=CCN(C(=O)OCc3ccccc3)CC2)=CCN1C(=O)O. The van der Waals surface area contributed by atoms with Crippen molar-refractivity contribution in [2.75, 3.05) is 19.6 Å². The Bertz CT molecular complexity index is 833. The number of carbonyl (C=O) groups is 3. The van der Waals surface area contributed by atoms with Crippen molar-refractivity contribution in [1.82, 2.24) is 9.80 Å². The summed E-state index contributed by atoms with van der Waals surface area (Å²) in [5.41, 5.74) is 2.92. The Morgan fingerprint density at radius 2 is 1.69 bits per heavy atom. The molecule has 2 N–H and O–H groups in total. The lowest BCUT2D eigenvalue weighted by atomic mass is 9.95. The summed E-state index contributed by atoms with van der Waals surface area (Å²) in [6, 6.07) is 8.42. The Morgan fingerprint density at radius 1 is 1.00 bits per heavy atom. The minimum Gasteiger partial charge on any atom is -0.480 e. The van der Waals surface area contributed by atoms with E-state index in [-0.39, 0.29) is 25.7 Å². The molecular weight excluding hydrogens is 376 g/mol. The zero-order valence-electron chi connectivity index (χ0n) is 16.0. The Balaban J connectivity index is 1.58. The van der Waals surface area contributed by atoms with Crippen LogP contribution < -0.4 is 0 Å². The molecule has 0 saturated carbocycles. The maximum absolute atomic E-state index is 12.3. The summed E-state index contributed by atoms with van der Waals surface area (Å²) in [5, 5.41) is 18.6. The van der Waals surface area contributed by atoms with Crippen molar-refractivity contribution in [1.29, 1.82) is 0 Å². The molecule has 0 radical (unpaired) electrons. The molecule has 0 fully saturated rings. The number of carbonyl (C=O) groups excluding carboxylic acids is 1. The predicted octanol–water partition coefficient (Wildman–Crippen LogP) is 3.11. The quantitative estimate of drug-likeness (QED) is 0.804. The van der Waals surface area contributed by atoms with Crippen LogP contribution in [-0.4, -0.2) is 63.8 Å². The number of hydrogen-bond donors (Lipinski definition) is 2. The lowest BCUT2D eigenvalue weighted by molar-refractivity contribution is -0.142. The molecule has 3 rings (SSSR count). The standard InChI is InChI=1S/C21H24N2O6/c24-19(25)18-7-6-16(10-13-23(18)20(26)27)17-8-11-22(12-9-17)21(28)29-14-15-4-2-1-3-5-15/h1-5,8,10,18H,6-7,9,11-14H2,(H,24,25)(H,26,27). The van der Waals surface area contributed by atoms with E-state index in [9.17, 15) is 24.6 Å². The summed E-state index contributed by atoms with van der Waals surface area (Å²) in [4.78, 5) is 37.6. The van der Waals surface area contributed by atoms with Gasteiger partial charge in [0.1, 0.15) is 12.6 Å². The molecule has 2 amide bonds. The highest BCUT2D eigenvalue weighted by molar-refractivity contribution is 5.79. The number of ether oxygens (including phenoxy) is 1. The molecular formula is C21H24N2O6. The van der Waals surface area contributed by atoms with Gasteiger partial charge in [-0.25, -0.2) is 14.4 Å². The third kappa shape index (κ3) is 5.16. The second-order valence-electron chi connectivity index (χ2n) is 7.02. The molecule has 1 aromatic rings. The fraction of sp³-hybridized carbons (Fsp3) is 0.381. The van der Waals surface area contributed by atoms with E-state index < -0.39 is 18.1 Å². The molecule has 0 saturated heterocycles. The van der Waals surface area contributed by atoms with Crippen molar-refractivity contribution in [3.63, 3.8) is 0 Å². The van der Waals surface area contributed by atoms with E-state index in [0.29, 0.717) is 25.9 Å². The van der Waals surface area contributed by atoms with Gasteiger partial charge < -0.3 is 19.8 Å². The number of amides is 2.